The summed E-state index contributed by atoms with van der Waals surface area (Å²) in [5.74, 6) is 0.104. The Labute approximate surface area is 154 Å². The molecule has 134 valence electrons. The lowest BCUT2D eigenvalue weighted by atomic mass is 9.92. The second-order valence-corrected chi connectivity index (χ2v) is 8.64. The van der Waals surface area contributed by atoms with Gasteiger partial charge in [0.25, 0.3) is 0 Å². The fourth-order valence-corrected chi connectivity index (χ4v) is 3.51. The molecule has 2 N–H and O–H groups in total. The van der Waals surface area contributed by atoms with Gasteiger partial charge in [0.2, 0.25) is 5.91 Å². The van der Waals surface area contributed by atoms with Crippen LogP contribution < -0.4 is 5.32 Å². The summed E-state index contributed by atoms with van der Waals surface area (Å²) in [4.78, 5) is 16.4. The molecule has 1 aromatic heterocycles. The zero-order chi connectivity index (χ0) is 18.5. The highest BCUT2D eigenvalue weighted by Gasteiger charge is 2.51. The van der Waals surface area contributed by atoms with Gasteiger partial charge in [-0.3, -0.25) is 4.79 Å². The number of nitrogens with one attached hydrogen (secondary N) is 2. The van der Waals surface area contributed by atoms with Crippen LogP contribution in [0.1, 0.15) is 50.4 Å². The summed E-state index contributed by atoms with van der Waals surface area (Å²) in [6.07, 6.45) is 1.84. The number of hydrogen-bond donors (Lipinski definition) is 2. The maximum Gasteiger partial charge on any atom is 0.235 e. The number of carbonyl (C=O) groups is 1. The fourth-order valence-electron chi connectivity index (χ4n) is 3.51. The number of amides is 1. The second-order valence-electron chi connectivity index (χ2n) is 8.64. The van der Waals surface area contributed by atoms with Crippen LogP contribution in [0.25, 0.3) is 10.9 Å². The van der Waals surface area contributed by atoms with Gasteiger partial charge in [-0.25, -0.2) is 0 Å². The monoisotopic (exact) mass is 346 g/mol. The van der Waals surface area contributed by atoms with Crippen molar-refractivity contribution < 1.29 is 4.79 Å². The van der Waals surface area contributed by atoms with E-state index in [0.717, 1.165) is 35.0 Å². The van der Waals surface area contributed by atoms with Gasteiger partial charge in [-0.2, -0.15) is 0 Å². The van der Waals surface area contributed by atoms with Gasteiger partial charge in [-0.1, -0.05) is 50.6 Å². The molecule has 1 heterocycles. The van der Waals surface area contributed by atoms with Gasteiger partial charge in [0.15, 0.2) is 0 Å². The Morgan fingerprint density at radius 3 is 2.35 bits per heavy atom. The number of aryl methyl sites for hydroxylation is 1. The topological polar surface area (TPSA) is 44.9 Å². The first-order chi connectivity index (χ1) is 12.3. The Morgan fingerprint density at radius 1 is 1.04 bits per heavy atom. The van der Waals surface area contributed by atoms with Crippen molar-refractivity contribution in [2.45, 2.75) is 51.4 Å². The quantitative estimate of drug-likeness (QED) is 0.651. The molecule has 0 saturated heterocycles. The molecule has 3 heteroatoms. The Morgan fingerprint density at radius 2 is 1.73 bits per heavy atom. The highest BCUT2D eigenvalue weighted by Crippen LogP contribution is 2.49. The van der Waals surface area contributed by atoms with Crippen molar-refractivity contribution in [3.8, 4) is 0 Å². The number of fused-ring (bicyclic) bond motifs is 1. The SMILES string of the molecule is Cc1ccc(C2(C(=O)Nc3ccc4[nH]c(C(C)(C)C)cc4c3)CC2)cc1. The molecule has 1 saturated carbocycles. The summed E-state index contributed by atoms with van der Waals surface area (Å²) >= 11 is 0. The molecule has 4 rings (SSSR count). The van der Waals surface area contributed by atoms with Gasteiger partial charge < -0.3 is 10.3 Å². The molecule has 26 heavy (non-hydrogen) atoms. The number of anilines is 1. The van der Waals surface area contributed by atoms with Crippen molar-refractivity contribution in [2.24, 2.45) is 0 Å². The predicted molar refractivity (Wildman–Crippen MR) is 108 cm³/mol. The number of hydrogen-bond acceptors (Lipinski definition) is 1. The van der Waals surface area contributed by atoms with Crippen LogP contribution in [0.4, 0.5) is 5.69 Å². The molecule has 0 spiro atoms. The fraction of sp³-hybridized carbons (Fsp3) is 0.348. The minimum Gasteiger partial charge on any atom is -0.358 e. The molecule has 2 aromatic carbocycles. The van der Waals surface area contributed by atoms with E-state index in [1.165, 1.54) is 11.3 Å². The highest BCUT2D eigenvalue weighted by atomic mass is 16.2. The lowest BCUT2D eigenvalue weighted by molar-refractivity contribution is -0.118. The van der Waals surface area contributed by atoms with Gasteiger partial charge in [0, 0.05) is 27.7 Å². The van der Waals surface area contributed by atoms with Crippen molar-refractivity contribution in [3.05, 3.63) is 65.4 Å². The third-order valence-electron chi connectivity index (χ3n) is 5.48. The molecule has 0 unspecified atom stereocenters. The second kappa shape index (κ2) is 5.73. The number of benzene rings is 2. The molecule has 3 aromatic rings. The van der Waals surface area contributed by atoms with E-state index < -0.39 is 0 Å². The zero-order valence-corrected chi connectivity index (χ0v) is 15.9. The van der Waals surface area contributed by atoms with E-state index in [4.69, 9.17) is 0 Å². The van der Waals surface area contributed by atoms with Crippen LogP contribution in [0.2, 0.25) is 0 Å². The predicted octanol–water partition coefficient (Wildman–Crippen LogP) is 5.44. The van der Waals surface area contributed by atoms with Crippen molar-refractivity contribution in [3.63, 3.8) is 0 Å². The van der Waals surface area contributed by atoms with E-state index in [0.29, 0.717) is 0 Å². The molecule has 3 nitrogen and oxygen atoms in total. The van der Waals surface area contributed by atoms with Gasteiger partial charge in [-0.15, -0.1) is 0 Å². The van der Waals surface area contributed by atoms with E-state index in [-0.39, 0.29) is 16.7 Å². The lowest BCUT2D eigenvalue weighted by Gasteiger charge is -2.16. The third kappa shape index (κ3) is 2.92. The van der Waals surface area contributed by atoms with Crippen LogP contribution in [-0.2, 0) is 15.6 Å². The van der Waals surface area contributed by atoms with E-state index in [1.54, 1.807) is 0 Å². The minimum atomic E-state index is -0.350. The van der Waals surface area contributed by atoms with Crippen LogP contribution in [0.15, 0.2) is 48.5 Å². The van der Waals surface area contributed by atoms with Gasteiger partial charge in [0.05, 0.1) is 5.41 Å². The van der Waals surface area contributed by atoms with Crippen LogP contribution >= 0.6 is 0 Å². The summed E-state index contributed by atoms with van der Waals surface area (Å²) in [5.41, 5.74) is 5.24. The first-order valence-corrected chi connectivity index (χ1v) is 9.30. The molecule has 1 fully saturated rings. The maximum absolute atomic E-state index is 13.0. The van der Waals surface area contributed by atoms with Crippen LogP contribution in [0.3, 0.4) is 0 Å². The summed E-state index contributed by atoms with van der Waals surface area (Å²) in [6, 6.07) is 16.6. The number of carbonyl (C=O) groups excluding carboxylic acids is 1. The van der Waals surface area contributed by atoms with E-state index in [9.17, 15) is 4.79 Å². The molecule has 1 aliphatic carbocycles. The number of aromatic amines is 1. The van der Waals surface area contributed by atoms with Gasteiger partial charge >= 0.3 is 0 Å². The molecular weight excluding hydrogens is 320 g/mol. The molecule has 0 radical (unpaired) electrons. The Bertz CT molecular complexity index is 970. The van der Waals surface area contributed by atoms with Crippen molar-refractivity contribution in [1.29, 1.82) is 0 Å². The van der Waals surface area contributed by atoms with Crippen molar-refractivity contribution >= 4 is 22.5 Å². The summed E-state index contributed by atoms with van der Waals surface area (Å²) < 4.78 is 0. The van der Waals surface area contributed by atoms with Crippen LogP contribution in [-0.4, -0.2) is 10.9 Å². The molecule has 1 aliphatic rings. The van der Waals surface area contributed by atoms with Gasteiger partial charge in [0.1, 0.15) is 0 Å². The van der Waals surface area contributed by atoms with Gasteiger partial charge in [-0.05, 0) is 49.6 Å². The summed E-state index contributed by atoms with van der Waals surface area (Å²) in [5, 5.41) is 4.28. The molecule has 0 bridgehead atoms. The molecule has 0 aliphatic heterocycles. The third-order valence-corrected chi connectivity index (χ3v) is 5.48. The lowest BCUT2D eigenvalue weighted by Crippen LogP contribution is -2.27. The van der Waals surface area contributed by atoms with Crippen molar-refractivity contribution in [2.75, 3.05) is 5.32 Å². The first-order valence-electron chi connectivity index (χ1n) is 9.30. The molecular formula is C23H26N2O. The van der Waals surface area contributed by atoms with Crippen LogP contribution in [0.5, 0.6) is 0 Å². The Balaban J connectivity index is 1.59. The smallest absolute Gasteiger partial charge is 0.235 e. The summed E-state index contributed by atoms with van der Waals surface area (Å²) in [6.45, 7) is 8.65. The molecule has 0 atom stereocenters. The van der Waals surface area contributed by atoms with Crippen LogP contribution in [0, 0.1) is 6.92 Å². The molecule has 1 amide bonds. The number of aromatic nitrogens is 1. The first kappa shape index (κ1) is 16.9. The standard InChI is InChI=1S/C23H26N2O/c1-15-5-7-17(8-6-15)23(11-12-23)21(26)24-18-9-10-19-16(13-18)14-20(25-19)22(2,3)4/h5-10,13-14,25H,11-12H2,1-4H3,(H,24,26). The average Bonchev–Trinajstić information content (AvgIpc) is 3.27. The maximum atomic E-state index is 13.0. The average molecular weight is 346 g/mol. The number of H-pyrrole nitrogens is 1. The Hall–Kier alpha value is -2.55. The Kier molecular flexibility index (Phi) is 3.72. The summed E-state index contributed by atoms with van der Waals surface area (Å²) in [7, 11) is 0. The number of rotatable bonds is 3. The normalized spacial score (nSPS) is 15.8. The van der Waals surface area contributed by atoms with E-state index in [2.05, 4.69) is 74.4 Å². The van der Waals surface area contributed by atoms with Crippen molar-refractivity contribution in [1.82, 2.24) is 4.98 Å². The zero-order valence-electron chi connectivity index (χ0n) is 15.9. The van der Waals surface area contributed by atoms with E-state index >= 15 is 0 Å². The van der Waals surface area contributed by atoms with E-state index in [1.807, 2.05) is 12.1 Å². The minimum absolute atomic E-state index is 0.0753. The largest absolute Gasteiger partial charge is 0.358 e. The highest BCUT2D eigenvalue weighted by molar-refractivity contribution is 6.02.